The number of nitrogens with one attached hydrogen (secondary N) is 1. The number of hydrogen-bond acceptors (Lipinski definition) is 4. The zero-order valence-electron chi connectivity index (χ0n) is 17.6. The van der Waals surface area contributed by atoms with Gasteiger partial charge < -0.3 is 5.32 Å². The van der Waals surface area contributed by atoms with Crippen LogP contribution in [0.3, 0.4) is 0 Å². The molecule has 0 atom stereocenters. The van der Waals surface area contributed by atoms with Gasteiger partial charge in [-0.1, -0.05) is 24.6 Å². The van der Waals surface area contributed by atoms with Crippen LogP contribution in [0.2, 0.25) is 0 Å². The number of benzene rings is 3. The molecule has 1 aliphatic rings. The fourth-order valence-corrected chi connectivity index (χ4v) is 4.70. The van der Waals surface area contributed by atoms with Gasteiger partial charge in [0.2, 0.25) is 0 Å². The number of amides is 1. The average Bonchev–Trinajstić information content (AvgIpc) is 2.81. The highest BCUT2D eigenvalue weighted by Crippen LogP contribution is 2.28. The van der Waals surface area contributed by atoms with E-state index >= 15 is 0 Å². The highest BCUT2D eigenvalue weighted by Gasteiger charge is 2.13. The summed E-state index contributed by atoms with van der Waals surface area (Å²) in [6.45, 7) is 4.30. The molecule has 3 aromatic carbocycles. The molecule has 0 radical (unpaired) electrons. The Morgan fingerprint density at radius 1 is 0.968 bits per heavy atom. The van der Waals surface area contributed by atoms with E-state index in [2.05, 4.69) is 27.8 Å². The second kappa shape index (κ2) is 9.82. The van der Waals surface area contributed by atoms with Gasteiger partial charge in [-0.25, -0.2) is 4.31 Å². The molecule has 31 heavy (non-hydrogen) atoms. The Labute approximate surface area is 188 Å². The predicted molar refractivity (Wildman–Crippen MR) is 127 cm³/mol. The van der Waals surface area contributed by atoms with E-state index in [1.165, 1.54) is 24.2 Å². The third kappa shape index (κ3) is 5.35. The number of nitrogens with zero attached hydrogens (tertiary/aromatic N) is 2. The molecule has 5 heteroatoms. The van der Waals surface area contributed by atoms with Crippen molar-refractivity contribution < 1.29 is 4.79 Å². The van der Waals surface area contributed by atoms with Crippen molar-refractivity contribution in [1.29, 1.82) is 5.26 Å². The first kappa shape index (κ1) is 21.2. The topological polar surface area (TPSA) is 56.1 Å². The van der Waals surface area contributed by atoms with Crippen LogP contribution in [0.4, 0.5) is 5.69 Å². The number of carbonyl (C=O) groups excluding carboxylic acids is 1. The van der Waals surface area contributed by atoms with Crippen molar-refractivity contribution in [2.75, 3.05) is 18.4 Å². The molecule has 1 amide bonds. The summed E-state index contributed by atoms with van der Waals surface area (Å²) in [7, 11) is 0. The van der Waals surface area contributed by atoms with Gasteiger partial charge >= 0.3 is 0 Å². The van der Waals surface area contributed by atoms with Crippen LogP contribution in [0.15, 0.2) is 71.6 Å². The van der Waals surface area contributed by atoms with Crippen molar-refractivity contribution in [2.24, 2.45) is 0 Å². The summed E-state index contributed by atoms with van der Waals surface area (Å²) in [5.74, 6) is -0.133. The van der Waals surface area contributed by atoms with Gasteiger partial charge in [0.25, 0.3) is 5.91 Å². The van der Waals surface area contributed by atoms with Crippen LogP contribution in [0.5, 0.6) is 0 Å². The zero-order valence-corrected chi connectivity index (χ0v) is 18.4. The molecule has 1 heterocycles. The second-order valence-corrected chi connectivity index (χ2v) is 8.95. The lowest BCUT2D eigenvalue weighted by Crippen LogP contribution is -2.22. The summed E-state index contributed by atoms with van der Waals surface area (Å²) in [5.41, 5.74) is 5.08. The molecule has 1 aliphatic heterocycles. The lowest BCUT2D eigenvalue weighted by atomic mass is 9.97. The van der Waals surface area contributed by atoms with E-state index in [4.69, 9.17) is 5.26 Å². The number of aryl methyl sites for hydroxylation is 1. The molecule has 0 unspecified atom stereocenters. The van der Waals surface area contributed by atoms with Crippen molar-refractivity contribution in [3.05, 3.63) is 83.4 Å². The quantitative estimate of drug-likeness (QED) is 0.487. The monoisotopic (exact) mass is 427 g/mol. The number of nitriles is 1. The Kier molecular flexibility index (Phi) is 6.71. The van der Waals surface area contributed by atoms with Gasteiger partial charge in [0, 0.05) is 29.2 Å². The van der Waals surface area contributed by atoms with Crippen molar-refractivity contribution in [1.82, 2.24) is 4.31 Å². The maximum absolute atomic E-state index is 12.8. The second-order valence-electron chi connectivity index (χ2n) is 7.78. The van der Waals surface area contributed by atoms with Gasteiger partial charge in [-0.15, -0.1) is 0 Å². The van der Waals surface area contributed by atoms with Crippen LogP contribution in [-0.4, -0.2) is 23.3 Å². The van der Waals surface area contributed by atoms with Crippen LogP contribution in [0, 0.1) is 18.3 Å². The molecule has 0 bridgehead atoms. The summed E-state index contributed by atoms with van der Waals surface area (Å²) in [6.07, 6.45) is 3.86. The van der Waals surface area contributed by atoms with E-state index in [0.717, 1.165) is 35.5 Å². The standard InChI is InChI=1S/C26H25N3OS/c1-19-5-8-22(17-25(19)21-9-6-20(18-27)7-10-21)26(30)28-23-11-13-24(14-12-23)31-29-15-3-2-4-16-29/h5-14,17H,2-4,15-16H2,1H3,(H,28,30). The van der Waals surface area contributed by atoms with Crippen LogP contribution < -0.4 is 5.32 Å². The first-order chi connectivity index (χ1) is 15.1. The summed E-state index contributed by atoms with van der Waals surface area (Å²) in [6, 6.07) is 23.3. The summed E-state index contributed by atoms with van der Waals surface area (Å²) in [4.78, 5) is 14.0. The largest absolute Gasteiger partial charge is 0.322 e. The Morgan fingerprint density at radius 2 is 1.68 bits per heavy atom. The van der Waals surface area contributed by atoms with E-state index in [1.807, 2.05) is 49.4 Å². The third-order valence-corrected chi connectivity index (χ3v) is 6.59. The minimum absolute atomic E-state index is 0.133. The van der Waals surface area contributed by atoms with E-state index in [0.29, 0.717) is 11.1 Å². The predicted octanol–water partition coefficient (Wildman–Crippen LogP) is 6.28. The molecular formula is C26H25N3OS. The van der Waals surface area contributed by atoms with Gasteiger partial charge in [0.1, 0.15) is 0 Å². The minimum Gasteiger partial charge on any atom is -0.322 e. The summed E-state index contributed by atoms with van der Waals surface area (Å²) >= 11 is 1.79. The van der Waals surface area contributed by atoms with Crippen molar-refractivity contribution in [2.45, 2.75) is 31.1 Å². The van der Waals surface area contributed by atoms with Crippen molar-refractivity contribution in [3.8, 4) is 17.2 Å². The van der Waals surface area contributed by atoms with E-state index in [1.54, 1.807) is 24.1 Å². The number of rotatable bonds is 5. The summed E-state index contributed by atoms with van der Waals surface area (Å²) < 4.78 is 2.41. The first-order valence-electron chi connectivity index (χ1n) is 10.6. The highest BCUT2D eigenvalue weighted by atomic mass is 32.2. The first-order valence-corrected chi connectivity index (χ1v) is 11.4. The molecule has 3 aromatic rings. The summed E-state index contributed by atoms with van der Waals surface area (Å²) in [5, 5.41) is 12.0. The van der Waals surface area contributed by atoms with E-state index < -0.39 is 0 Å². The average molecular weight is 428 g/mol. The maximum Gasteiger partial charge on any atom is 0.255 e. The third-order valence-electron chi connectivity index (χ3n) is 5.49. The number of anilines is 1. The van der Waals surface area contributed by atoms with Gasteiger partial charge in [-0.3, -0.25) is 4.79 Å². The Hall–Kier alpha value is -3.07. The molecule has 0 aromatic heterocycles. The molecule has 4 rings (SSSR count). The molecule has 0 aliphatic carbocycles. The van der Waals surface area contributed by atoms with E-state index in [-0.39, 0.29) is 5.91 Å². The van der Waals surface area contributed by atoms with Crippen LogP contribution in [0.25, 0.3) is 11.1 Å². The molecule has 1 saturated heterocycles. The number of carbonyl (C=O) groups is 1. The fraction of sp³-hybridized carbons (Fsp3) is 0.231. The fourth-order valence-electron chi connectivity index (χ4n) is 3.71. The normalized spacial score (nSPS) is 14.1. The zero-order chi connectivity index (χ0) is 21.6. The lowest BCUT2D eigenvalue weighted by molar-refractivity contribution is 0.102. The van der Waals surface area contributed by atoms with E-state index in [9.17, 15) is 4.79 Å². The smallest absolute Gasteiger partial charge is 0.255 e. The molecule has 0 saturated carbocycles. The highest BCUT2D eigenvalue weighted by molar-refractivity contribution is 7.97. The molecule has 156 valence electrons. The molecule has 1 N–H and O–H groups in total. The molecule has 0 spiro atoms. The minimum atomic E-state index is -0.133. The maximum atomic E-state index is 12.8. The molecule has 4 nitrogen and oxygen atoms in total. The number of hydrogen-bond donors (Lipinski definition) is 1. The lowest BCUT2D eigenvalue weighted by Gasteiger charge is -2.25. The Morgan fingerprint density at radius 3 is 2.35 bits per heavy atom. The van der Waals surface area contributed by atoms with Crippen LogP contribution >= 0.6 is 11.9 Å². The molecular weight excluding hydrogens is 402 g/mol. The van der Waals surface area contributed by atoms with Crippen LogP contribution in [-0.2, 0) is 0 Å². The SMILES string of the molecule is Cc1ccc(C(=O)Nc2ccc(SN3CCCCC3)cc2)cc1-c1ccc(C#N)cc1. The number of piperidine rings is 1. The van der Waals surface area contributed by atoms with Crippen LogP contribution in [0.1, 0.15) is 40.7 Å². The van der Waals surface area contributed by atoms with Gasteiger partial charge in [0.15, 0.2) is 0 Å². The van der Waals surface area contributed by atoms with Crippen molar-refractivity contribution in [3.63, 3.8) is 0 Å². The van der Waals surface area contributed by atoms with Crippen molar-refractivity contribution >= 4 is 23.5 Å². The van der Waals surface area contributed by atoms with Gasteiger partial charge in [-0.05, 0) is 96.9 Å². The van der Waals surface area contributed by atoms with Gasteiger partial charge in [0.05, 0.1) is 11.6 Å². The Balaban J connectivity index is 1.45. The van der Waals surface area contributed by atoms with Gasteiger partial charge in [-0.2, -0.15) is 5.26 Å². The Bertz CT molecular complexity index is 1090. The molecule has 1 fully saturated rings.